The first kappa shape index (κ1) is 18.1. The summed E-state index contributed by atoms with van der Waals surface area (Å²) in [5.74, 6) is 1.38. The molecule has 0 saturated heterocycles. The van der Waals surface area contributed by atoms with Crippen LogP contribution in [0, 0.1) is 5.82 Å². The van der Waals surface area contributed by atoms with Gasteiger partial charge in [0.1, 0.15) is 5.82 Å². The molecular weight excluding hydrogens is 408 g/mol. The van der Waals surface area contributed by atoms with E-state index in [1.807, 2.05) is 10.6 Å². The highest BCUT2D eigenvalue weighted by Gasteiger charge is 2.18. The Labute approximate surface area is 168 Å². The third-order valence-corrected chi connectivity index (χ3v) is 5.40. The number of benzene rings is 2. The molecule has 0 aliphatic carbocycles. The molecule has 2 aromatic heterocycles. The van der Waals surface area contributed by atoms with Crippen molar-refractivity contribution in [1.82, 2.24) is 14.8 Å². The largest absolute Gasteiger partial charge is 0.461 e. The lowest BCUT2D eigenvalue weighted by molar-refractivity contribution is 0.575. The number of rotatable bonds is 5. The molecule has 4 rings (SSSR count). The summed E-state index contributed by atoms with van der Waals surface area (Å²) in [6.45, 7) is 0. The van der Waals surface area contributed by atoms with Gasteiger partial charge in [-0.3, -0.25) is 4.57 Å². The Balaban J connectivity index is 1.71. The van der Waals surface area contributed by atoms with Crippen molar-refractivity contribution in [2.24, 2.45) is 0 Å². The van der Waals surface area contributed by atoms with Gasteiger partial charge in [0.25, 0.3) is 0 Å². The monoisotopic (exact) mass is 419 g/mol. The lowest BCUT2D eigenvalue weighted by Crippen LogP contribution is -1.99. The van der Waals surface area contributed by atoms with Crippen molar-refractivity contribution in [3.05, 3.63) is 82.3 Å². The Hall–Kier alpha value is -2.28. The molecule has 8 heteroatoms. The fourth-order valence-corrected chi connectivity index (χ4v) is 4.04. The quantitative estimate of drug-likeness (QED) is 0.357. The number of furan rings is 1. The van der Waals surface area contributed by atoms with Gasteiger partial charge in [0.2, 0.25) is 5.82 Å². The number of hydrogen-bond donors (Lipinski definition) is 0. The summed E-state index contributed by atoms with van der Waals surface area (Å²) in [6.07, 6.45) is 1.57. The molecule has 0 radical (unpaired) electrons. The first-order valence-corrected chi connectivity index (χ1v) is 9.68. The van der Waals surface area contributed by atoms with E-state index in [-0.39, 0.29) is 5.82 Å². The minimum Gasteiger partial charge on any atom is -0.461 e. The van der Waals surface area contributed by atoms with Crippen LogP contribution < -0.4 is 0 Å². The van der Waals surface area contributed by atoms with E-state index >= 15 is 0 Å². The van der Waals surface area contributed by atoms with Crippen molar-refractivity contribution in [3.8, 4) is 17.3 Å². The predicted molar refractivity (Wildman–Crippen MR) is 105 cm³/mol. The van der Waals surface area contributed by atoms with Crippen LogP contribution in [0.4, 0.5) is 4.39 Å². The van der Waals surface area contributed by atoms with Gasteiger partial charge in [-0.1, -0.05) is 41.0 Å². The number of halogens is 3. The van der Waals surface area contributed by atoms with Crippen LogP contribution in [0.2, 0.25) is 10.0 Å². The smallest absolute Gasteiger partial charge is 0.205 e. The minimum absolute atomic E-state index is 0.312. The Morgan fingerprint density at radius 3 is 2.56 bits per heavy atom. The van der Waals surface area contributed by atoms with E-state index in [1.165, 1.54) is 23.9 Å². The van der Waals surface area contributed by atoms with Crippen LogP contribution in [-0.2, 0) is 5.75 Å². The molecule has 2 aromatic carbocycles. The van der Waals surface area contributed by atoms with Crippen LogP contribution in [-0.4, -0.2) is 14.8 Å². The molecule has 0 fully saturated rings. The molecule has 0 aliphatic rings. The Kier molecular flexibility index (Phi) is 5.20. The third kappa shape index (κ3) is 3.88. The SMILES string of the molecule is Fc1ccc(-n2c(SCc3ccc(Cl)cc3Cl)nnc2-c2ccco2)cc1. The fraction of sp³-hybridized carbons (Fsp3) is 0.0526. The Bertz CT molecular complexity index is 1070. The summed E-state index contributed by atoms with van der Waals surface area (Å²) < 4.78 is 20.7. The van der Waals surface area contributed by atoms with E-state index in [4.69, 9.17) is 27.6 Å². The summed E-state index contributed by atoms with van der Waals surface area (Å²) in [5, 5.41) is 10.4. The standard InChI is InChI=1S/C19H12Cl2FN3OS/c20-13-4-3-12(16(21)10-13)11-27-19-24-23-18(17-2-1-9-26-17)25(19)15-7-5-14(22)6-8-15/h1-10H,11H2. The number of hydrogen-bond acceptors (Lipinski definition) is 4. The van der Waals surface area contributed by atoms with E-state index in [2.05, 4.69) is 10.2 Å². The molecule has 0 amide bonds. The Morgan fingerprint density at radius 2 is 1.85 bits per heavy atom. The maximum Gasteiger partial charge on any atom is 0.205 e. The Morgan fingerprint density at radius 1 is 1.04 bits per heavy atom. The van der Waals surface area contributed by atoms with Gasteiger partial charge in [-0.15, -0.1) is 10.2 Å². The molecular formula is C19H12Cl2FN3OS. The molecule has 0 bridgehead atoms. The van der Waals surface area contributed by atoms with Crippen molar-refractivity contribution in [3.63, 3.8) is 0 Å². The van der Waals surface area contributed by atoms with Gasteiger partial charge in [0, 0.05) is 15.8 Å². The van der Waals surface area contributed by atoms with E-state index in [0.717, 1.165) is 11.3 Å². The zero-order valence-corrected chi connectivity index (χ0v) is 16.1. The zero-order chi connectivity index (χ0) is 18.8. The molecule has 0 atom stereocenters. The van der Waals surface area contributed by atoms with Gasteiger partial charge in [0.05, 0.1) is 12.0 Å². The van der Waals surface area contributed by atoms with Crippen LogP contribution in [0.25, 0.3) is 17.3 Å². The summed E-state index contributed by atoms with van der Waals surface area (Å²) in [7, 11) is 0. The van der Waals surface area contributed by atoms with Gasteiger partial charge in [-0.05, 0) is 54.1 Å². The lowest BCUT2D eigenvalue weighted by atomic mass is 10.2. The summed E-state index contributed by atoms with van der Waals surface area (Å²) in [6, 6.07) is 15.1. The maximum atomic E-state index is 13.4. The number of nitrogens with zero attached hydrogens (tertiary/aromatic N) is 3. The second-order valence-electron chi connectivity index (χ2n) is 5.62. The van der Waals surface area contributed by atoms with Crippen molar-refractivity contribution < 1.29 is 8.81 Å². The van der Waals surface area contributed by atoms with Crippen molar-refractivity contribution in [2.45, 2.75) is 10.9 Å². The van der Waals surface area contributed by atoms with Crippen LogP contribution in [0.3, 0.4) is 0 Å². The highest BCUT2D eigenvalue weighted by molar-refractivity contribution is 7.98. The zero-order valence-electron chi connectivity index (χ0n) is 13.8. The summed E-state index contributed by atoms with van der Waals surface area (Å²) in [5.41, 5.74) is 1.66. The van der Waals surface area contributed by atoms with E-state index < -0.39 is 0 Å². The molecule has 0 saturated carbocycles. The number of aromatic nitrogens is 3. The third-order valence-electron chi connectivity index (χ3n) is 3.83. The van der Waals surface area contributed by atoms with Crippen LogP contribution >= 0.6 is 35.0 Å². The predicted octanol–water partition coefficient (Wildman–Crippen LogP) is 6.27. The van der Waals surface area contributed by atoms with Gasteiger partial charge in [0.15, 0.2) is 10.9 Å². The highest BCUT2D eigenvalue weighted by atomic mass is 35.5. The molecule has 27 heavy (non-hydrogen) atoms. The average Bonchev–Trinajstić information content (AvgIpc) is 3.31. The molecule has 0 N–H and O–H groups in total. The highest BCUT2D eigenvalue weighted by Crippen LogP contribution is 2.32. The van der Waals surface area contributed by atoms with Gasteiger partial charge >= 0.3 is 0 Å². The summed E-state index contributed by atoms with van der Waals surface area (Å²) in [4.78, 5) is 0. The molecule has 4 nitrogen and oxygen atoms in total. The molecule has 0 spiro atoms. The molecule has 0 unspecified atom stereocenters. The van der Waals surface area contributed by atoms with Gasteiger partial charge in [-0.2, -0.15) is 0 Å². The molecule has 4 aromatic rings. The van der Waals surface area contributed by atoms with Gasteiger partial charge in [-0.25, -0.2) is 4.39 Å². The van der Waals surface area contributed by atoms with E-state index in [0.29, 0.717) is 32.5 Å². The minimum atomic E-state index is -0.312. The molecule has 136 valence electrons. The average molecular weight is 420 g/mol. The second-order valence-corrected chi connectivity index (χ2v) is 7.41. The lowest BCUT2D eigenvalue weighted by Gasteiger charge is -2.10. The molecule has 2 heterocycles. The van der Waals surface area contributed by atoms with Crippen LogP contribution in [0.1, 0.15) is 5.56 Å². The van der Waals surface area contributed by atoms with Gasteiger partial charge < -0.3 is 4.42 Å². The number of thioether (sulfide) groups is 1. The van der Waals surface area contributed by atoms with E-state index in [1.54, 1.807) is 42.7 Å². The first-order chi connectivity index (χ1) is 13.1. The van der Waals surface area contributed by atoms with Crippen molar-refractivity contribution in [1.29, 1.82) is 0 Å². The van der Waals surface area contributed by atoms with Crippen molar-refractivity contribution >= 4 is 35.0 Å². The summed E-state index contributed by atoms with van der Waals surface area (Å²) >= 11 is 13.7. The molecule has 0 aliphatic heterocycles. The second kappa shape index (κ2) is 7.76. The van der Waals surface area contributed by atoms with E-state index in [9.17, 15) is 4.39 Å². The maximum absolute atomic E-state index is 13.4. The van der Waals surface area contributed by atoms with Crippen molar-refractivity contribution in [2.75, 3.05) is 0 Å². The topological polar surface area (TPSA) is 43.9 Å². The van der Waals surface area contributed by atoms with Crippen LogP contribution in [0.15, 0.2) is 70.4 Å². The fourth-order valence-electron chi connectivity index (χ4n) is 2.53. The normalized spacial score (nSPS) is 11.1. The van der Waals surface area contributed by atoms with Crippen LogP contribution in [0.5, 0.6) is 0 Å². The first-order valence-electron chi connectivity index (χ1n) is 7.94.